The largest absolute Gasteiger partial charge is 0.412 e. The molecule has 0 spiro atoms. The maximum Gasteiger partial charge on any atom is 0.242 e. The number of likely N-dealkylation sites (N-methyl/N-ethyl adjacent to an activating group) is 1. The topological polar surface area (TPSA) is 116 Å². The van der Waals surface area contributed by atoms with Gasteiger partial charge >= 0.3 is 0 Å². The molecule has 6 heteroatoms. The van der Waals surface area contributed by atoms with Crippen LogP contribution in [0.1, 0.15) is 26.2 Å². The minimum atomic E-state index is -0.427. The molecule has 0 heterocycles. The SMILES string of the molecule is CNC(=O)[C@H](CCCCN)NC(C)=O.O. The lowest BCUT2D eigenvalue weighted by atomic mass is 10.1. The van der Waals surface area contributed by atoms with Crippen LogP contribution in [0.15, 0.2) is 0 Å². The van der Waals surface area contributed by atoms with Gasteiger partial charge in [0.1, 0.15) is 6.04 Å². The molecule has 0 aliphatic rings. The van der Waals surface area contributed by atoms with E-state index >= 15 is 0 Å². The Balaban J connectivity index is 0. The van der Waals surface area contributed by atoms with Crippen LogP contribution in [0.25, 0.3) is 0 Å². The summed E-state index contributed by atoms with van der Waals surface area (Å²) in [7, 11) is 1.56. The van der Waals surface area contributed by atoms with Crippen LogP contribution in [0.3, 0.4) is 0 Å². The Morgan fingerprint density at radius 3 is 2.33 bits per heavy atom. The minimum absolute atomic E-state index is 0. The second-order valence-corrected chi connectivity index (χ2v) is 3.15. The van der Waals surface area contributed by atoms with Gasteiger partial charge in [0.25, 0.3) is 0 Å². The molecule has 0 rings (SSSR count). The van der Waals surface area contributed by atoms with Gasteiger partial charge in [-0.15, -0.1) is 0 Å². The summed E-state index contributed by atoms with van der Waals surface area (Å²) in [6.07, 6.45) is 2.35. The molecule has 0 unspecified atom stereocenters. The van der Waals surface area contributed by atoms with Gasteiger partial charge in [0, 0.05) is 14.0 Å². The van der Waals surface area contributed by atoms with E-state index < -0.39 is 6.04 Å². The van der Waals surface area contributed by atoms with Gasteiger partial charge in [0.2, 0.25) is 11.8 Å². The number of carbonyl (C=O) groups is 2. The third-order valence-electron chi connectivity index (χ3n) is 1.89. The lowest BCUT2D eigenvalue weighted by Crippen LogP contribution is -2.44. The standard InChI is InChI=1S/C9H19N3O2.H2O/c1-7(13)12-8(9(14)11-2)5-3-4-6-10;/h8H,3-6,10H2,1-2H3,(H,11,14)(H,12,13);1H2/t8-;/m0./s1. The molecule has 0 aromatic heterocycles. The van der Waals surface area contributed by atoms with Crippen LogP contribution in [0.2, 0.25) is 0 Å². The first-order valence-electron chi connectivity index (χ1n) is 4.80. The second kappa shape index (κ2) is 9.42. The predicted octanol–water partition coefficient (Wildman–Crippen LogP) is -1.46. The first-order valence-corrected chi connectivity index (χ1v) is 4.80. The lowest BCUT2D eigenvalue weighted by molar-refractivity contribution is -0.127. The molecule has 1 atom stereocenters. The normalized spacial score (nSPS) is 11.1. The first kappa shape index (κ1) is 16.3. The van der Waals surface area contributed by atoms with Crippen molar-refractivity contribution in [3.63, 3.8) is 0 Å². The molecular formula is C9H21N3O3. The van der Waals surface area contributed by atoms with Gasteiger partial charge in [0.15, 0.2) is 0 Å². The fourth-order valence-corrected chi connectivity index (χ4v) is 1.18. The summed E-state index contributed by atoms with van der Waals surface area (Å²) in [6, 6.07) is -0.427. The summed E-state index contributed by atoms with van der Waals surface area (Å²) >= 11 is 0. The van der Waals surface area contributed by atoms with Crippen molar-refractivity contribution in [1.29, 1.82) is 0 Å². The maximum absolute atomic E-state index is 11.3. The summed E-state index contributed by atoms with van der Waals surface area (Å²) in [5.74, 6) is -0.344. The summed E-state index contributed by atoms with van der Waals surface area (Å²) < 4.78 is 0. The van der Waals surface area contributed by atoms with Crippen LogP contribution in [0, 0.1) is 0 Å². The van der Waals surface area contributed by atoms with Gasteiger partial charge in [-0.3, -0.25) is 9.59 Å². The van der Waals surface area contributed by atoms with Crippen molar-refractivity contribution in [3.05, 3.63) is 0 Å². The van der Waals surface area contributed by atoms with E-state index in [1.807, 2.05) is 0 Å². The fraction of sp³-hybridized carbons (Fsp3) is 0.778. The van der Waals surface area contributed by atoms with Crippen LogP contribution >= 0.6 is 0 Å². The highest BCUT2D eigenvalue weighted by Gasteiger charge is 2.16. The number of nitrogens with two attached hydrogens (primary N) is 1. The zero-order chi connectivity index (χ0) is 11.0. The Bertz CT molecular complexity index is 197. The monoisotopic (exact) mass is 219 g/mol. The fourth-order valence-electron chi connectivity index (χ4n) is 1.18. The van der Waals surface area contributed by atoms with E-state index in [1.54, 1.807) is 7.05 Å². The van der Waals surface area contributed by atoms with Gasteiger partial charge in [-0.1, -0.05) is 0 Å². The molecule has 2 amide bonds. The molecule has 0 aliphatic heterocycles. The second-order valence-electron chi connectivity index (χ2n) is 3.15. The molecule has 0 aromatic rings. The highest BCUT2D eigenvalue weighted by atomic mass is 16.2. The Kier molecular flexibility index (Phi) is 10.2. The predicted molar refractivity (Wildman–Crippen MR) is 58.2 cm³/mol. The quantitative estimate of drug-likeness (QED) is 0.474. The molecule has 6 N–H and O–H groups in total. The number of hydrogen-bond donors (Lipinski definition) is 3. The average Bonchev–Trinajstić information content (AvgIpc) is 2.15. The van der Waals surface area contributed by atoms with Crippen LogP contribution in [0.5, 0.6) is 0 Å². The average molecular weight is 219 g/mol. The Morgan fingerprint density at radius 1 is 1.33 bits per heavy atom. The summed E-state index contributed by atoms with van der Waals surface area (Å²) in [6.45, 7) is 2.01. The highest BCUT2D eigenvalue weighted by Crippen LogP contribution is 2.00. The van der Waals surface area contributed by atoms with E-state index in [4.69, 9.17) is 5.73 Å². The molecule has 0 saturated carbocycles. The van der Waals surface area contributed by atoms with Crippen molar-refractivity contribution >= 4 is 11.8 Å². The maximum atomic E-state index is 11.3. The number of rotatable bonds is 6. The summed E-state index contributed by atoms with van der Waals surface area (Å²) in [5, 5.41) is 5.11. The molecule has 6 nitrogen and oxygen atoms in total. The Labute approximate surface area is 89.9 Å². The zero-order valence-corrected chi connectivity index (χ0v) is 9.30. The third kappa shape index (κ3) is 7.90. The molecule has 0 saturated heterocycles. The molecule has 0 aromatic carbocycles. The van der Waals surface area contributed by atoms with Crippen molar-refractivity contribution in [2.75, 3.05) is 13.6 Å². The number of unbranched alkanes of at least 4 members (excludes halogenated alkanes) is 1. The molecule has 0 radical (unpaired) electrons. The molecule has 0 aliphatic carbocycles. The van der Waals surface area contributed by atoms with Gasteiger partial charge in [-0.25, -0.2) is 0 Å². The van der Waals surface area contributed by atoms with Crippen molar-refractivity contribution in [3.8, 4) is 0 Å². The molecule has 0 fully saturated rings. The van der Waals surface area contributed by atoms with Gasteiger partial charge in [-0.2, -0.15) is 0 Å². The van der Waals surface area contributed by atoms with E-state index in [0.717, 1.165) is 12.8 Å². The van der Waals surface area contributed by atoms with Crippen molar-refractivity contribution in [2.24, 2.45) is 5.73 Å². The molecular weight excluding hydrogens is 198 g/mol. The molecule has 15 heavy (non-hydrogen) atoms. The van der Waals surface area contributed by atoms with Crippen LogP contribution in [0.4, 0.5) is 0 Å². The number of amides is 2. The summed E-state index contributed by atoms with van der Waals surface area (Å²) in [5.41, 5.74) is 5.34. The van der Waals surface area contributed by atoms with Gasteiger partial charge in [-0.05, 0) is 25.8 Å². The van der Waals surface area contributed by atoms with Crippen LogP contribution in [-0.2, 0) is 9.59 Å². The number of hydrogen-bond acceptors (Lipinski definition) is 3. The number of carbonyl (C=O) groups excluding carboxylic acids is 2. The number of nitrogens with one attached hydrogen (secondary N) is 2. The van der Waals surface area contributed by atoms with Crippen LogP contribution < -0.4 is 16.4 Å². The smallest absolute Gasteiger partial charge is 0.242 e. The van der Waals surface area contributed by atoms with Crippen LogP contribution in [-0.4, -0.2) is 36.9 Å². The van der Waals surface area contributed by atoms with E-state index in [-0.39, 0.29) is 17.3 Å². The Morgan fingerprint density at radius 2 is 1.93 bits per heavy atom. The van der Waals surface area contributed by atoms with E-state index in [0.29, 0.717) is 13.0 Å². The molecule has 0 bridgehead atoms. The van der Waals surface area contributed by atoms with Crippen molar-refractivity contribution < 1.29 is 15.1 Å². The zero-order valence-electron chi connectivity index (χ0n) is 9.30. The minimum Gasteiger partial charge on any atom is -0.412 e. The van der Waals surface area contributed by atoms with Crippen molar-refractivity contribution in [2.45, 2.75) is 32.2 Å². The van der Waals surface area contributed by atoms with Gasteiger partial charge < -0.3 is 21.8 Å². The first-order chi connectivity index (χ1) is 6.61. The Hall–Kier alpha value is -1.14. The van der Waals surface area contributed by atoms with Crippen molar-refractivity contribution in [1.82, 2.24) is 10.6 Å². The van der Waals surface area contributed by atoms with E-state index in [1.165, 1.54) is 6.92 Å². The van der Waals surface area contributed by atoms with E-state index in [2.05, 4.69) is 10.6 Å². The molecule has 90 valence electrons. The third-order valence-corrected chi connectivity index (χ3v) is 1.89. The van der Waals surface area contributed by atoms with Gasteiger partial charge in [0.05, 0.1) is 0 Å². The lowest BCUT2D eigenvalue weighted by Gasteiger charge is -2.15. The van der Waals surface area contributed by atoms with E-state index in [9.17, 15) is 9.59 Å². The summed E-state index contributed by atoms with van der Waals surface area (Å²) in [4.78, 5) is 22.1. The highest BCUT2D eigenvalue weighted by molar-refractivity contribution is 5.86.